The van der Waals surface area contributed by atoms with Crippen molar-refractivity contribution in [3.63, 3.8) is 0 Å². The molecule has 1 aromatic carbocycles. The second-order valence-corrected chi connectivity index (χ2v) is 3.17. The van der Waals surface area contributed by atoms with Crippen molar-refractivity contribution < 1.29 is 13.5 Å². The molecule has 0 saturated heterocycles. The molecule has 6 heteroatoms. The number of hydrogen-bond donors (Lipinski definition) is 1. The van der Waals surface area contributed by atoms with Gasteiger partial charge in [-0.1, -0.05) is 0 Å². The summed E-state index contributed by atoms with van der Waals surface area (Å²) in [6, 6.07) is 2.10. The van der Waals surface area contributed by atoms with Crippen LogP contribution in [0.1, 0.15) is 6.92 Å². The third kappa shape index (κ3) is 3.06. The molecule has 0 unspecified atom stereocenters. The van der Waals surface area contributed by atoms with E-state index in [4.69, 9.17) is 22.1 Å². The molecule has 3 nitrogen and oxygen atoms in total. The van der Waals surface area contributed by atoms with Crippen LogP contribution in [0, 0.1) is 11.6 Å². The number of ether oxygens (including phenoxy) is 1. The summed E-state index contributed by atoms with van der Waals surface area (Å²) in [5, 5.41) is 0. The van der Waals surface area contributed by atoms with E-state index in [0.29, 0.717) is 6.61 Å². The average molecular weight is 249 g/mol. The first-order chi connectivity index (χ1) is 7.58. The molecule has 0 fully saturated rings. The summed E-state index contributed by atoms with van der Waals surface area (Å²) in [4.78, 5) is 3.53. The monoisotopic (exact) mass is 248 g/mol. The van der Waals surface area contributed by atoms with Gasteiger partial charge in [-0.25, -0.2) is 13.8 Å². The van der Waals surface area contributed by atoms with E-state index in [1.165, 1.54) is 0 Å². The highest BCUT2D eigenvalue weighted by atomic mass is 35.5. The Labute approximate surface area is 96.9 Å². The molecule has 0 aliphatic heterocycles. The molecule has 0 saturated carbocycles. The molecule has 16 heavy (non-hydrogen) atoms. The van der Waals surface area contributed by atoms with Crippen LogP contribution in [0.5, 0.6) is 5.75 Å². The van der Waals surface area contributed by atoms with Crippen molar-refractivity contribution >= 4 is 23.1 Å². The van der Waals surface area contributed by atoms with Crippen molar-refractivity contribution in [2.75, 3.05) is 12.5 Å². The van der Waals surface area contributed by atoms with Gasteiger partial charge < -0.3 is 10.5 Å². The molecule has 0 bridgehead atoms. The molecular formula is C10H11ClF2N2O. The van der Waals surface area contributed by atoms with Crippen LogP contribution in [-0.4, -0.2) is 18.3 Å². The number of rotatable bonds is 4. The number of alkyl halides is 1. The standard InChI is InChI=1S/C10H11ClF2N2O/c1-2-16-6-3-7(12)10(8(13)4-6)15-9(14)5-11/h3-4H,2,5H2,1H3,(H2,14,15). The van der Waals surface area contributed by atoms with Gasteiger partial charge in [0.1, 0.15) is 17.3 Å². The van der Waals surface area contributed by atoms with E-state index < -0.39 is 17.3 Å². The van der Waals surface area contributed by atoms with Gasteiger partial charge in [-0.2, -0.15) is 0 Å². The second-order valence-electron chi connectivity index (χ2n) is 2.91. The van der Waals surface area contributed by atoms with E-state index in [1.54, 1.807) is 6.92 Å². The average Bonchev–Trinajstić information content (AvgIpc) is 2.23. The largest absolute Gasteiger partial charge is 0.494 e. The number of nitrogens with zero attached hydrogens (tertiary/aromatic N) is 1. The van der Waals surface area contributed by atoms with E-state index in [-0.39, 0.29) is 17.5 Å². The van der Waals surface area contributed by atoms with Crippen LogP contribution in [0.2, 0.25) is 0 Å². The predicted octanol–water partition coefficient (Wildman–Crippen LogP) is 2.59. The van der Waals surface area contributed by atoms with Gasteiger partial charge in [0.05, 0.1) is 12.5 Å². The minimum Gasteiger partial charge on any atom is -0.494 e. The maximum absolute atomic E-state index is 13.4. The summed E-state index contributed by atoms with van der Waals surface area (Å²) >= 11 is 5.36. The van der Waals surface area contributed by atoms with Gasteiger partial charge in [-0.15, -0.1) is 11.6 Å². The van der Waals surface area contributed by atoms with E-state index >= 15 is 0 Å². The van der Waals surface area contributed by atoms with Gasteiger partial charge in [-0.05, 0) is 6.92 Å². The van der Waals surface area contributed by atoms with Crippen molar-refractivity contribution in [1.82, 2.24) is 0 Å². The molecule has 1 rings (SSSR count). The molecule has 2 N–H and O–H groups in total. The third-order valence-electron chi connectivity index (χ3n) is 1.69. The summed E-state index contributed by atoms with van der Waals surface area (Å²) in [6.07, 6.45) is 0. The summed E-state index contributed by atoms with van der Waals surface area (Å²) in [7, 11) is 0. The van der Waals surface area contributed by atoms with Gasteiger partial charge in [0, 0.05) is 12.1 Å². The van der Waals surface area contributed by atoms with E-state index in [9.17, 15) is 8.78 Å². The first-order valence-electron chi connectivity index (χ1n) is 4.59. The fourth-order valence-corrected chi connectivity index (χ4v) is 1.13. The SMILES string of the molecule is CCOc1cc(F)c(N=C(N)CCl)c(F)c1. The lowest BCUT2D eigenvalue weighted by Crippen LogP contribution is -2.12. The number of aliphatic imine (C=N–C) groups is 1. The zero-order valence-corrected chi connectivity index (χ0v) is 9.39. The molecular weight excluding hydrogens is 238 g/mol. The van der Waals surface area contributed by atoms with Gasteiger partial charge in [0.2, 0.25) is 0 Å². The third-order valence-corrected chi connectivity index (χ3v) is 1.97. The van der Waals surface area contributed by atoms with E-state index in [2.05, 4.69) is 4.99 Å². The lowest BCUT2D eigenvalue weighted by Gasteiger charge is -2.06. The van der Waals surface area contributed by atoms with Gasteiger partial charge >= 0.3 is 0 Å². The van der Waals surface area contributed by atoms with Gasteiger partial charge in [-0.3, -0.25) is 0 Å². The predicted molar refractivity (Wildman–Crippen MR) is 59.5 cm³/mol. The van der Waals surface area contributed by atoms with Crippen LogP contribution in [-0.2, 0) is 0 Å². The Bertz CT molecular complexity index is 387. The molecule has 0 atom stereocenters. The maximum Gasteiger partial charge on any atom is 0.155 e. The maximum atomic E-state index is 13.4. The zero-order valence-electron chi connectivity index (χ0n) is 8.64. The van der Waals surface area contributed by atoms with Crippen LogP contribution in [0.25, 0.3) is 0 Å². The quantitative estimate of drug-likeness (QED) is 0.506. The highest BCUT2D eigenvalue weighted by Crippen LogP contribution is 2.27. The molecule has 0 aliphatic carbocycles. The van der Waals surface area contributed by atoms with Gasteiger partial charge in [0.15, 0.2) is 11.6 Å². The summed E-state index contributed by atoms with van der Waals surface area (Å²) in [5.41, 5.74) is 4.84. The molecule has 1 aromatic rings. The number of nitrogens with two attached hydrogens (primary N) is 1. The fourth-order valence-electron chi connectivity index (χ4n) is 1.07. The molecule has 0 aliphatic rings. The van der Waals surface area contributed by atoms with Crippen molar-refractivity contribution in [2.45, 2.75) is 6.92 Å². The van der Waals surface area contributed by atoms with Crippen LogP contribution in [0.4, 0.5) is 14.5 Å². The summed E-state index contributed by atoms with van der Waals surface area (Å²) < 4.78 is 31.8. The summed E-state index contributed by atoms with van der Waals surface area (Å²) in [6.45, 7) is 2.04. The Morgan fingerprint density at radius 1 is 1.44 bits per heavy atom. The van der Waals surface area contributed by atoms with Crippen molar-refractivity contribution in [1.29, 1.82) is 0 Å². The van der Waals surface area contributed by atoms with Crippen LogP contribution in [0.3, 0.4) is 0 Å². The Hall–Kier alpha value is -1.36. The number of amidine groups is 1. The first-order valence-corrected chi connectivity index (χ1v) is 5.12. The Morgan fingerprint density at radius 3 is 2.44 bits per heavy atom. The Kier molecular flexibility index (Phi) is 4.49. The Balaban J connectivity index is 3.12. The van der Waals surface area contributed by atoms with E-state index in [0.717, 1.165) is 12.1 Å². The molecule has 0 aromatic heterocycles. The van der Waals surface area contributed by atoms with Crippen molar-refractivity contribution in [2.24, 2.45) is 10.7 Å². The van der Waals surface area contributed by atoms with Gasteiger partial charge in [0.25, 0.3) is 0 Å². The number of hydrogen-bond acceptors (Lipinski definition) is 2. The number of halogens is 3. The molecule has 0 spiro atoms. The van der Waals surface area contributed by atoms with Crippen molar-refractivity contribution in [3.8, 4) is 5.75 Å². The molecule has 0 amide bonds. The molecule has 0 heterocycles. The van der Waals surface area contributed by atoms with E-state index in [1.807, 2.05) is 0 Å². The minimum absolute atomic E-state index is 0.0522. The van der Waals surface area contributed by atoms with Crippen molar-refractivity contribution in [3.05, 3.63) is 23.8 Å². The smallest absolute Gasteiger partial charge is 0.155 e. The lowest BCUT2D eigenvalue weighted by molar-refractivity contribution is 0.336. The minimum atomic E-state index is -0.837. The second kappa shape index (κ2) is 5.65. The summed E-state index contributed by atoms with van der Waals surface area (Å²) in [5.74, 6) is -1.70. The highest BCUT2D eigenvalue weighted by Gasteiger charge is 2.11. The van der Waals surface area contributed by atoms with Crippen LogP contribution in [0.15, 0.2) is 17.1 Å². The van der Waals surface area contributed by atoms with Crippen LogP contribution >= 0.6 is 11.6 Å². The van der Waals surface area contributed by atoms with Crippen LogP contribution < -0.4 is 10.5 Å². The zero-order chi connectivity index (χ0) is 12.1. The fraction of sp³-hybridized carbons (Fsp3) is 0.300. The topological polar surface area (TPSA) is 47.6 Å². The normalized spacial score (nSPS) is 11.6. The molecule has 88 valence electrons. The first kappa shape index (κ1) is 12.7. The number of benzene rings is 1. The highest BCUT2D eigenvalue weighted by molar-refractivity contribution is 6.28. The molecule has 0 radical (unpaired) electrons. The Morgan fingerprint density at radius 2 is 2.00 bits per heavy atom. The lowest BCUT2D eigenvalue weighted by atomic mass is 10.2.